The summed E-state index contributed by atoms with van der Waals surface area (Å²) in [6.07, 6.45) is 1.93. The summed E-state index contributed by atoms with van der Waals surface area (Å²) in [4.78, 5) is 14.8. The summed E-state index contributed by atoms with van der Waals surface area (Å²) in [6.45, 7) is 7.16. The molecule has 2 aromatic rings. The first-order chi connectivity index (χ1) is 12.7. The molecule has 1 aliphatic heterocycles. The number of carbonyl (C=O) groups excluding carboxylic acids is 1. The van der Waals surface area contributed by atoms with Crippen LogP contribution in [0, 0.1) is 6.92 Å². The van der Waals surface area contributed by atoms with Gasteiger partial charge in [0.25, 0.3) is 5.91 Å². The van der Waals surface area contributed by atoms with Gasteiger partial charge in [0.2, 0.25) is 0 Å². The van der Waals surface area contributed by atoms with Gasteiger partial charge in [-0.2, -0.15) is 0 Å². The van der Waals surface area contributed by atoms with E-state index in [9.17, 15) is 4.79 Å². The predicted octanol–water partition coefficient (Wildman–Crippen LogP) is 3.19. The first-order valence-corrected chi connectivity index (χ1v) is 9.43. The van der Waals surface area contributed by atoms with Crippen molar-refractivity contribution in [3.05, 3.63) is 70.8 Å². The molecule has 1 aliphatic rings. The molecule has 0 radical (unpaired) electrons. The fraction of sp³-hybridized carbons (Fsp3) is 0.409. The van der Waals surface area contributed by atoms with Crippen LogP contribution in [0.25, 0.3) is 0 Å². The maximum absolute atomic E-state index is 12.4. The second kappa shape index (κ2) is 9.51. The third kappa shape index (κ3) is 5.68. The van der Waals surface area contributed by atoms with Gasteiger partial charge in [0.15, 0.2) is 0 Å². The van der Waals surface area contributed by atoms with E-state index in [0.717, 1.165) is 51.3 Å². The number of benzene rings is 2. The number of carbonyl (C=O) groups is 1. The fourth-order valence-electron chi connectivity index (χ4n) is 3.18. The monoisotopic (exact) mass is 352 g/mol. The normalized spacial score (nSPS) is 15.0. The first kappa shape index (κ1) is 18.6. The minimum Gasteiger partial charge on any atom is -0.379 e. The van der Waals surface area contributed by atoms with Crippen LogP contribution in [0.15, 0.2) is 48.5 Å². The van der Waals surface area contributed by atoms with E-state index in [-0.39, 0.29) is 5.91 Å². The molecule has 0 atom stereocenters. The molecule has 1 saturated heterocycles. The van der Waals surface area contributed by atoms with Crippen molar-refractivity contribution < 1.29 is 9.53 Å². The molecule has 0 unspecified atom stereocenters. The number of amides is 1. The van der Waals surface area contributed by atoms with Crippen LogP contribution in [0.2, 0.25) is 0 Å². The van der Waals surface area contributed by atoms with Gasteiger partial charge in [-0.3, -0.25) is 9.69 Å². The van der Waals surface area contributed by atoms with Gasteiger partial charge in [0.1, 0.15) is 0 Å². The number of aryl methyl sites for hydroxylation is 2. The largest absolute Gasteiger partial charge is 0.379 e. The van der Waals surface area contributed by atoms with Crippen LogP contribution < -0.4 is 5.32 Å². The molecule has 1 amide bonds. The number of ether oxygens (including phenoxy) is 1. The zero-order chi connectivity index (χ0) is 18.2. The van der Waals surface area contributed by atoms with Gasteiger partial charge in [-0.25, -0.2) is 0 Å². The Morgan fingerprint density at radius 3 is 2.62 bits per heavy atom. The van der Waals surface area contributed by atoms with E-state index in [1.807, 2.05) is 18.2 Å². The van der Waals surface area contributed by atoms with Gasteiger partial charge in [-0.1, -0.05) is 42.0 Å². The van der Waals surface area contributed by atoms with Crippen LogP contribution in [0.4, 0.5) is 0 Å². The van der Waals surface area contributed by atoms with E-state index in [1.54, 1.807) is 0 Å². The second-order valence-electron chi connectivity index (χ2n) is 6.93. The van der Waals surface area contributed by atoms with Gasteiger partial charge < -0.3 is 10.1 Å². The highest BCUT2D eigenvalue weighted by molar-refractivity contribution is 5.94. The lowest BCUT2D eigenvalue weighted by atomic mass is 10.1. The van der Waals surface area contributed by atoms with Crippen molar-refractivity contribution in [3.63, 3.8) is 0 Å². The lowest BCUT2D eigenvalue weighted by Crippen LogP contribution is -2.35. The van der Waals surface area contributed by atoms with E-state index < -0.39 is 0 Å². The molecule has 1 N–H and O–H groups in total. The number of rotatable bonds is 7. The van der Waals surface area contributed by atoms with Gasteiger partial charge in [-0.15, -0.1) is 0 Å². The minimum atomic E-state index is 0.0118. The Morgan fingerprint density at radius 2 is 1.85 bits per heavy atom. The molecule has 4 nitrogen and oxygen atoms in total. The SMILES string of the molecule is Cc1ccc(CCCNC(=O)c2cccc(CN3CCOCC3)c2)cc1. The molecule has 26 heavy (non-hydrogen) atoms. The molecule has 1 fully saturated rings. The maximum Gasteiger partial charge on any atom is 0.251 e. The zero-order valence-electron chi connectivity index (χ0n) is 15.5. The summed E-state index contributed by atoms with van der Waals surface area (Å²) in [7, 11) is 0. The molecule has 1 heterocycles. The summed E-state index contributed by atoms with van der Waals surface area (Å²) in [5.74, 6) is 0.0118. The molecule has 0 saturated carbocycles. The van der Waals surface area contributed by atoms with Crippen molar-refractivity contribution >= 4 is 5.91 Å². The molecule has 4 heteroatoms. The van der Waals surface area contributed by atoms with Gasteiger partial charge in [0.05, 0.1) is 13.2 Å². The lowest BCUT2D eigenvalue weighted by molar-refractivity contribution is 0.0342. The second-order valence-corrected chi connectivity index (χ2v) is 6.93. The number of hydrogen-bond acceptors (Lipinski definition) is 3. The molecule has 0 spiro atoms. The standard InChI is InChI=1S/C22H28N2O2/c1-18-7-9-19(10-8-18)5-3-11-23-22(25)21-6-2-4-20(16-21)17-24-12-14-26-15-13-24/h2,4,6-10,16H,3,5,11-15,17H2,1H3,(H,23,25). The maximum atomic E-state index is 12.4. The van der Waals surface area contributed by atoms with Gasteiger partial charge in [0, 0.05) is 31.7 Å². The molecular formula is C22H28N2O2. The van der Waals surface area contributed by atoms with Crippen molar-refractivity contribution in [1.29, 1.82) is 0 Å². The van der Waals surface area contributed by atoms with Crippen molar-refractivity contribution in [1.82, 2.24) is 10.2 Å². The summed E-state index contributed by atoms with van der Waals surface area (Å²) >= 11 is 0. The van der Waals surface area contributed by atoms with E-state index in [4.69, 9.17) is 4.74 Å². The molecule has 3 rings (SSSR count). The highest BCUT2D eigenvalue weighted by Crippen LogP contribution is 2.10. The van der Waals surface area contributed by atoms with E-state index >= 15 is 0 Å². The van der Waals surface area contributed by atoms with Crippen LogP contribution in [0.5, 0.6) is 0 Å². The Labute approximate surface area is 156 Å². The van der Waals surface area contributed by atoms with Crippen LogP contribution in [0.1, 0.15) is 33.5 Å². The Morgan fingerprint density at radius 1 is 1.08 bits per heavy atom. The van der Waals surface area contributed by atoms with E-state index in [0.29, 0.717) is 6.54 Å². The van der Waals surface area contributed by atoms with Crippen molar-refractivity contribution in [3.8, 4) is 0 Å². The summed E-state index contributed by atoms with van der Waals surface area (Å²) < 4.78 is 5.39. The number of nitrogens with zero attached hydrogens (tertiary/aromatic N) is 1. The van der Waals surface area contributed by atoms with Crippen molar-refractivity contribution in [2.24, 2.45) is 0 Å². The third-order valence-electron chi connectivity index (χ3n) is 4.75. The Kier molecular flexibility index (Phi) is 6.81. The summed E-state index contributed by atoms with van der Waals surface area (Å²) in [6, 6.07) is 16.5. The average Bonchev–Trinajstić information content (AvgIpc) is 2.67. The Balaban J connectivity index is 1.45. The average molecular weight is 352 g/mol. The van der Waals surface area contributed by atoms with Crippen molar-refractivity contribution in [2.75, 3.05) is 32.8 Å². The quantitative estimate of drug-likeness (QED) is 0.778. The Hall–Kier alpha value is -2.17. The van der Waals surface area contributed by atoms with Gasteiger partial charge >= 0.3 is 0 Å². The zero-order valence-corrected chi connectivity index (χ0v) is 15.5. The van der Waals surface area contributed by atoms with Crippen LogP contribution in [-0.2, 0) is 17.7 Å². The highest BCUT2D eigenvalue weighted by Gasteiger charge is 2.12. The molecular weight excluding hydrogens is 324 g/mol. The fourth-order valence-corrected chi connectivity index (χ4v) is 3.18. The smallest absolute Gasteiger partial charge is 0.251 e. The molecule has 0 aliphatic carbocycles. The minimum absolute atomic E-state index is 0.0118. The summed E-state index contributed by atoms with van der Waals surface area (Å²) in [5, 5.41) is 3.04. The predicted molar refractivity (Wildman–Crippen MR) is 104 cm³/mol. The number of nitrogens with one attached hydrogen (secondary N) is 1. The molecule has 2 aromatic carbocycles. The van der Waals surface area contributed by atoms with Crippen LogP contribution in [-0.4, -0.2) is 43.7 Å². The van der Waals surface area contributed by atoms with Crippen LogP contribution in [0.3, 0.4) is 0 Å². The number of hydrogen-bond donors (Lipinski definition) is 1. The van der Waals surface area contributed by atoms with E-state index in [1.165, 1.54) is 16.7 Å². The van der Waals surface area contributed by atoms with Gasteiger partial charge in [-0.05, 0) is 43.0 Å². The topological polar surface area (TPSA) is 41.6 Å². The molecule has 138 valence electrons. The lowest BCUT2D eigenvalue weighted by Gasteiger charge is -2.26. The number of morpholine rings is 1. The Bertz CT molecular complexity index is 706. The summed E-state index contributed by atoms with van der Waals surface area (Å²) in [5.41, 5.74) is 4.52. The van der Waals surface area contributed by atoms with Crippen molar-refractivity contribution in [2.45, 2.75) is 26.3 Å². The van der Waals surface area contributed by atoms with Crippen LogP contribution >= 0.6 is 0 Å². The van der Waals surface area contributed by atoms with E-state index in [2.05, 4.69) is 47.5 Å². The highest BCUT2D eigenvalue weighted by atomic mass is 16.5. The molecule has 0 bridgehead atoms. The molecule has 0 aromatic heterocycles. The first-order valence-electron chi connectivity index (χ1n) is 9.43. The third-order valence-corrected chi connectivity index (χ3v) is 4.75.